The minimum Gasteiger partial charge on any atom is -0.411 e. The van der Waals surface area contributed by atoms with Gasteiger partial charge in [-0.15, -0.1) is 5.10 Å². The fraction of sp³-hybridized carbons (Fsp3) is 0.167. The van der Waals surface area contributed by atoms with Crippen LogP contribution in [0.5, 0.6) is 0 Å². The van der Waals surface area contributed by atoms with Crippen molar-refractivity contribution in [2.24, 2.45) is 0 Å². The molecule has 0 aliphatic heterocycles. The molecule has 0 saturated heterocycles. The molecule has 0 aliphatic carbocycles. The van der Waals surface area contributed by atoms with Gasteiger partial charge in [0.05, 0.1) is 18.7 Å². The maximum absolute atomic E-state index is 12.9. The second-order valence-corrected chi connectivity index (χ2v) is 7.65. The number of rotatable bonds is 7. The highest BCUT2D eigenvalue weighted by Gasteiger charge is 2.23. The molecule has 7 nitrogen and oxygen atoms in total. The van der Waals surface area contributed by atoms with Gasteiger partial charge in [0.15, 0.2) is 0 Å². The van der Waals surface area contributed by atoms with Crippen LogP contribution in [0.1, 0.15) is 17.0 Å². The number of sulfone groups is 1. The number of carbonyl (C=O) groups excluding carboxylic acids is 1. The Morgan fingerprint density at radius 3 is 2.41 bits per heavy atom. The van der Waals surface area contributed by atoms with Crippen LogP contribution in [0.15, 0.2) is 64.2 Å². The van der Waals surface area contributed by atoms with Crippen LogP contribution in [0.25, 0.3) is 0 Å². The van der Waals surface area contributed by atoms with E-state index in [2.05, 4.69) is 15.5 Å². The van der Waals surface area contributed by atoms with E-state index in [0.29, 0.717) is 11.1 Å². The molecule has 0 aliphatic rings. The van der Waals surface area contributed by atoms with Crippen molar-refractivity contribution >= 4 is 15.7 Å². The Morgan fingerprint density at radius 1 is 1.00 bits per heavy atom. The molecule has 0 unspecified atom stereocenters. The summed E-state index contributed by atoms with van der Waals surface area (Å²) in [6.45, 7) is -0.103. The summed E-state index contributed by atoms with van der Waals surface area (Å²) in [5.41, 5.74) is 1.25. The molecule has 2 aromatic carbocycles. The van der Waals surface area contributed by atoms with Gasteiger partial charge >= 0.3 is 5.22 Å². The van der Waals surface area contributed by atoms with E-state index in [1.807, 2.05) is 0 Å². The van der Waals surface area contributed by atoms with Crippen molar-refractivity contribution in [1.82, 2.24) is 15.5 Å². The molecule has 0 radical (unpaired) electrons. The topological polar surface area (TPSA) is 102 Å². The van der Waals surface area contributed by atoms with Gasteiger partial charge in [0, 0.05) is 0 Å². The molecule has 3 aromatic rings. The largest absolute Gasteiger partial charge is 0.411 e. The summed E-state index contributed by atoms with van der Waals surface area (Å²) < 4.78 is 42.6. The number of hydrogen-bond donors (Lipinski definition) is 1. The summed E-state index contributed by atoms with van der Waals surface area (Å²) in [5, 5.41) is 9.27. The molecule has 140 valence electrons. The van der Waals surface area contributed by atoms with Gasteiger partial charge in [0.1, 0.15) is 5.82 Å². The average Bonchev–Trinajstić information content (AvgIpc) is 3.13. The summed E-state index contributed by atoms with van der Waals surface area (Å²) >= 11 is 0. The minimum absolute atomic E-state index is 0.0194. The van der Waals surface area contributed by atoms with Crippen LogP contribution < -0.4 is 5.32 Å². The number of benzene rings is 2. The number of hydrogen-bond acceptors (Lipinski definition) is 6. The van der Waals surface area contributed by atoms with Crippen LogP contribution in [0, 0.1) is 5.82 Å². The molecule has 1 amide bonds. The summed E-state index contributed by atoms with van der Waals surface area (Å²) in [5.74, 6) is -0.997. The summed E-state index contributed by atoms with van der Waals surface area (Å²) in [6, 6.07) is 14.2. The van der Waals surface area contributed by atoms with Gasteiger partial charge in [-0.05, 0) is 23.3 Å². The Hall–Kier alpha value is -3.07. The van der Waals surface area contributed by atoms with Crippen LogP contribution in [-0.4, -0.2) is 24.5 Å². The van der Waals surface area contributed by atoms with Crippen LogP contribution in [0.4, 0.5) is 4.39 Å². The van der Waals surface area contributed by atoms with Crippen molar-refractivity contribution in [3.8, 4) is 0 Å². The molecule has 3 rings (SSSR count). The molecule has 1 N–H and O–H groups in total. The zero-order valence-corrected chi connectivity index (χ0v) is 14.9. The highest BCUT2D eigenvalue weighted by molar-refractivity contribution is 7.90. The van der Waals surface area contributed by atoms with Gasteiger partial charge in [-0.3, -0.25) is 4.79 Å². The van der Waals surface area contributed by atoms with Gasteiger partial charge in [-0.25, -0.2) is 12.8 Å². The smallest absolute Gasteiger partial charge is 0.335 e. The molecule has 0 bridgehead atoms. The quantitative estimate of drug-likeness (QED) is 0.663. The molecule has 0 saturated carbocycles. The zero-order valence-electron chi connectivity index (χ0n) is 14.1. The summed E-state index contributed by atoms with van der Waals surface area (Å²) in [6.07, 6.45) is 0.0492. The lowest BCUT2D eigenvalue weighted by atomic mass is 10.1. The third-order valence-corrected chi connectivity index (χ3v) is 5.04. The molecule has 1 heterocycles. The van der Waals surface area contributed by atoms with Gasteiger partial charge in [-0.2, -0.15) is 0 Å². The highest BCUT2D eigenvalue weighted by atomic mass is 32.2. The first-order valence-electron chi connectivity index (χ1n) is 8.02. The number of nitrogens with one attached hydrogen (secondary N) is 1. The van der Waals surface area contributed by atoms with E-state index in [1.54, 1.807) is 30.3 Å². The van der Waals surface area contributed by atoms with E-state index < -0.39 is 15.1 Å². The summed E-state index contributed by atoms with van der Waals surface area (Å²) in [7, 11) is -3.77. The van der Waals surface area contributed by atoms with Crippen LogP contribution >= 0.6 is 0 Å². The number of aromatic nitrogens is 2. The minimum atomic E-state index is -3.77. The third-order valence-electron chi connectivity index (χ3n) is 3.63. The van der Waals surface area contributed by atoms with Crippen molar-refractivity contribution in [1.29, 1.82) is 0 Å². The lowest BCUT2D eigenvalue weighted by Gasteiger charge is -2.03. The first-order valence-corrected chi connectivity index (χ1v) is 9.68. The lowest BCUT2D eigenvalue weighted by Crippen LogP contribution is -2.24. The Labute approximate surface area is 155 Å². The van der Waals surface area contributed by atoms with Crippen molar-refractivity contribution in [3.63, 3.8) is 0 Å². The standard InChI is InChI=1S/C18H16FN3O4S/c19-15-8-6-13(7-9-15)10-16(23)20-11-17-21-22-18(26-17)27(24,25)12-14-4-2-1-3-5-14/h1-9H,10-12H2,(H,20,23). The number of carbonyl (C=O) groups is 1. The summed E-state index contributed by atoms with van der Waals surface area (Å²) in [4.78, 5) is 11.9. The predicted molar refractivity (Wildman–Crippen MR) is 93.6 cm³/mol. The second-order valence-electron chi connectivity index (χ2n) is 5.79. The molecule has 0 fully saturated rings. The maximum atomic E-state index is 12.9. The van der Waals surface area contributed by atoms with Crippen molar-refractivity contribution in [2.45, 2.75) is 23.9 Å². The first-order chi connectivity index (χ1) is 12.9. The van der Waals surface area contributed by atoms with Crippen LogP contribution in [-0.2, 0) is 33.4 Å². The predicted octanol–water partition coefficient (Wildman–Crippen LogP) is 2.04. The zero-order chi connectivity index (χ0) is 19.3. The van der Waals surface area contributed by atoms with Gasteiger partial charge in [0.2, 0.25) is 21.6 Å². The fourth-order valence-corrected chi connectivity index (χ4v) is 3.46. The second kappa shape index (κ2) is 8.09. The molecule has 1 aromatic heterocycles. The fourth-order valence-electron chi connectivity index (χ4n) is 2.32. The van der Waals surface area contributed by atoms with E-state index in [1.165, 1.54) is 24.3 Å². The van der Waals surface area contributed by atoms with E-state index in [4.69, 9.17) is 4.42 Å². The number of halogens is 1. The molecule has 0 atom stereocenters. The van der Waals surface area contributed by atoms with Gasteiger partial charge in [0.25, 0.3) is 0 Å². The molecular weight excluding hydrogens is 373 g/mol. The lowest BCUT2D eigenvalue weighted by molar-refractivity contribution is -0.120. The molecule has 27 heavy (non-hydrogen) atoms. The third kappa shape index (κ3) is 5.20. The normalized spacial score (nSPS) is 11.3. The van der Waals surface area contributed by atoms with Crippen molar-refractivity contribution in [3.05, 3.63) is 77.4 Å². The number of nitrogens with zero attached hydrogens (tertiary/aromatic N) is 2. The Kier molecular flexibility index (Phi) is 5.60. The molecular formula is C18H16FN3O4S. The van der Waals surface area contributed by atoms with Crippen molar-refractivity contribution in [2.75, 3.05) is 0 Å². The van der Waals surface area contributed by atoms with Crippen LogP contribution in [0.3, 0.4) is 0 Å². The van der Waals surface area contributed by atoms with E-state index >= 15 is 0 Å². The monoisotopic (exact) mass is 389 g/mol. The van der Waals surface area contributed by atoms with Gasteiger partial charge in [-0.1, -0.05) is 47.6 Å². The van der Waals surface area contributed by atoms with E-state index in [9.17, 15) is 17.6 Å². The molecule has 9 heteroatoms. The molecule has 0 spiro atoms. The van der Waals surface area contributed by atoms with Crippen molar-refractivity contribution < 1.29 is 22.0 Å². The van der Waals surface area contributed by atoms with E-state index in [0.717, 1.165) is 0 Å². The Morgan fingerprint density at radius 2 is 1.70 bits per heavy atom. The van der Waals surface area contributed by atoms with Gasteiger partial charge < -0.3 is 9.73 Å². The average molecular weight is 389 g/mol. The highest BCUT2D eigenvalue weighted by Crippen LogP contribution is 2.15. The van der Waals surface area contributed by atoms with Crippen LogP contribution in [0.2, 0.25) is 0 Å². The number of amides is 1. The van der Waals surface area contributed by atoms with E-state index in [-0.39, 0.29) is 36.3 Å². The Balaban J connectivity index is 1.57. The Bertz CT molecular complexity index is 1020. The first kappa shape index (κ1) is 18.7. The maximum Gasteiger partial charge on any atom is 0.335 e. The SMILES string of the molecule is O=C(Cc1ccc(F)cc1)NCc1nnc(S(=O)(=O)Cc2ccccc2)o1.